The molecular weight excluding hydrogens is 202 g/mol. The van der Waals surface area contributed by atoms with Crippen LogP contribution in [-0.4, -0.2) is 5.54 Å². The number of hydrogen-bond donors (Lipinski definition) is 1. The molecule has 0 saturated heterocycles. The van der Waals surface area contributed by atoms with Crippen LogP contribution in [0.1, 0.15) is 46.6 Å². The molecule has 1 fully saturated rings. The monoisotopic (exact) mass is 221 g/mol. The van der Waals surface area contributed by atoms with Crippen molar-refractivity contribution in [2.45, 2.75) is 57.4 Å². The lowest BCUT2D eigenvalue weighted by molar-refractivity contribution is 0.611. The molecule has 0 aromatic carbocycles. The Labute approximate surface area is 95.7 Å². The maximum atomic E-state index is 6.14. The first kappa shape index (κ1) is 9.86. The summed E-state index contributed by atoms with van der Waals surface area (Å²) in [7, 11) is 0. The molecule has 1 heterocycles. The van der Waals surface area contributed by atoms with Gasteiger partial charge in [-0.05, 0) is 63.0 Å². The maximum absolute atomic E-state index is 6.14. The minimum atomic E-state index is 0.223. The molecular formula is C13H19NS. The SMILES string of the molecule is Cc1c(CCC2(N)CC2)sc2c1CCC2. The lowest BCUT2D eigenvalue weighted by Crippen LogP contribution is -2.21. The zero-order valence-electron chi connectivity index (χ0n) is 9.44. The van der Waals surface area contributed by atoms with E-state index in [4.69, 9.17) is 5.73 Å². The molecule has 0 amide bonds. The van der Waals surface area contributed by atoms with Gasteiger partial charge in [0.2, 0.25) is 0 Å². The molecule has 0 bridgehead atoms. The molecule has 2 aliphatic carbocycles. The smallest absolute Gasteiger partial charge is 0.0159 e. The summed E-state index contributed by atoms with van der Waals surface area (Å²) >= 11 is 2.06. The Hall–Kier alpha value is -0.340. The predicted octanol–water partition coefficient (Wildman–Crippen LogP) is 2.97. The third-order valence-electron chi connectivity index (χ3n) is 4.03. The van der Waals surface area contributed by atoms with Gasteiger partial charge in [0, 0.05) is 15.3 Å². The third kappa shape index (κ3) is 1.74. The topological polar surface area (TPSA) is 26.0 Å². The Bertz CT molecular complexity index is 387. The molecule has 0 atom stereocenters. The van der Waals surface area contributed by atoms with Crippen LogP contribution in [0.25, 0.3) is 0 Å². The lowest BCUT2D eigenvalue weighted by atomic mass is 10.1. The standard InChI is InChI=1S/C13H19NS/c1-9-10-3-2-4-12(10)15-11(9)5-6-13(14)7-8-13/h2-8,14H2,1H3. The van der Waals surface area contributed by atoms with Crippen molar-refractivity contribution in [3.63, 3.8) is 0 Å². The van der Waals surface area contributed by atoms with Gasteiger partial charge < -0.3 is 5.73 Å². The van der Waals surface area contributed by atoms with Crippen molar-refractivity contribution in [3.8, 4) is 0 Å². The third-order valence-corrected chi connectivity index (χ3v) is 5.48. The van der Waals surface area contributed by atoms with E-state index in [2.05, 4.69) is 18.3 Å². The highest BCUT2D eigenvalue weighted by molar-refractivity contribution is 7.12. The van der Waals surface area contributed by atoms with Crippen molar-refractivity contribution in [2.24, 2.45) is 5.73 Å². The van der Waals surface area contributed by atoms with Crippen LogP contribution in [-0.2, 0) is 19.3 Å². The number of rotatable bonds is 3. The minimum Gasteiger partial charge on any atom is -0.325 e. The van der Waals surface area contributed by atoms with Gasteiger partial charge in [0.05, 0.1) is 0 Å². The van der Waals surface area contributed by atoms with Gasteiger partial charge >= 0.3 is 0 Å². The number of hydrogen-bond acceptors (Lipinski definition) is 2. The van der Waals surface area contributed by atoms with Crippen molar-refractivity contribution < 1.29 is 0 Å². The number of fused-ring (bicyclic) bond motifs is 1. The van der Waals surface area contributed by atoms with Crippen LogP contribution < -0.4 is 5.73 Å². The molecule has 1 aromatic rings. The van der Waals surface area contributed by atoms with Crippen molar-refractivity contribution in [1.82, 2.24) is 0 Å². The summed E-state index contributed by atoms with van der Waals surface area (Å²) in [6.07, 6.45) is 8.95. The van der Waals surface area contributed by atoms with Gasteiger partial charge in [0.15, 0.2) is 0 Å². The summed E-state index contributed by atoms with van der Waals surface area (Å²) in [6.45, 7) is 2.31. The van der Waals surface area contributed by atoms with Gasteiger partial charge in [0.1, 0.15) is 0 Å². The number of aryl methyl sites for hydroxylation is 2. The van der Waals surface area contributed by atoms with E-state index in [0.29, 0.717) is 0 Å². The second kappa shape index (κ2) is 3.33. The molecule has 15 heavy (non-hydrogen) atoms. The fraction of sp³-hybridized carbons (Fsp3) is 0.692. The van der Waals surface area contributed by atoms with E-state index in [1.54, 1.807) is 20.9 Å². The van der Waals surface area contributed by atoms with Crippen LogP contribution in [0.15, 0.2) is 0 Å². The average Bonchev–Trinajstić information content (AvgIpc) is 2.69. The highest BCUT2D eigenvalue weighted by Gasteiger charge is 2.37. The van der Waals surface area contributed by atoms with Gasteiger partial charge in [-0.25, -0.2) is 0 Å². The lowest BCUT2D eigenvalue weighted by Gasteiger charge is -2.07. The fourth-order valence-electron chi connectivity index (χ4n) is 2.63. The molecule has 3 rings (SSSR count). The molecule has 0 unspecified atom stereocenters. The summed E-state index contributed by atoms with van der Waals surface area (Å²) in [4.78, 5) is 3.29. The zero-order valence-corrected chi connectivity index (χ0v) is 10.3. The van der Waals surface area contributed by atoms with Crippen LogP contribution >= 0.6 is 11.3 Å². The van der Waals surface area contributed by atoms with Crippen LogP contribution in [0.4, 0.5) is 0 Å². The Morgan fingerprint density at radius 3 is 2.80 bits per heavy atom. The van der Waals surface area contributed by atoms with Crippen molar-refractivity contribution in [3.05, 3.63) is 20.9 Å². The number of nitrogens with two attached hydrogens (primary N) is 1. The Balaban J connectivity index is 1.75. The van der Waals surface area contributed by atoms with Crippen LogP contribution in [0.3, 0.4) is 0 Å². The Morgan fingerprint density at radius 1 is 1.33 bits per heavy atom. The minimum absolute atomic E-state index is 0.223. The normalized spacial score (nSPS) is 21.7. The maximum Gasteiger partial charge on any atom is 0.0159 e. The molecule has 82 valence electrons. The first-order valence-corrected chi connectivity index (χ1v) is 6.88. The molecule has 0 aliphatic heterocycles. The van der Waals surface area contributed by atoms with Crippen molar-refractivity contribution >= 4 is 11.3 Å². The zero-order chi connectivity index (χ0) is 10.5. The molecule has 2 N–H and O–H groups in total. The first-order valence-electron chi connectivity index (χ1n) is 6.07. The van der Waals surface area contributed by atoms with Gasteiger partial charge in [-0.3, -0.25) is 0 Å². The van der Waals surface area contributed by atoms with Gasteiger partial charge in [-0.1, -0.05) is 0 Å². The average molecular weight is 221 g/mol. The van der Waals surface area contributed by atoms with Crippen molar-refractivity contribution in [1.29, 1.82) is 0 Å². The van der Waals surface area contributed by atoms with Crippen LogP contribution in [0, 0.1) is 6.92 Å². The highest BCUT2D eigenvalue weighted by Crippen LogP contribution is 2.40. The molecule has 0 radical (unpaired) electrons. The van der Waals surface area contributed by atoms with Gasteiger partial charge in [-0.2, -0.15) is 0 Å². The van der Waals surface area contributed by atoms with E-state index >= 15 is 0 Å². The predicted molar refractivity (Wildman–Crippen MR) is 65.6 cm³/mol. The van der Waals surface area contributed by atoms with E-state index in [9.17, 15) is 0 Å². The molecule has 1 nitrogen and oxygen atoms in total. The van der Waals surface area contributed by atoms with E-state index < -0.39 is 0 Å². The highest BCUT2D eigenvalue weighted by atomic mass is 32.1. The largest absolute Gasteiger partial charge is 0.325 e. The molecule has 1 saturated carbocycles. The first-order chi connectivity index (χ1) is 7.18. The van der Waals surface area contributed by atoms with E-state index in [0.717, 1.165) is 0 Å². The fourth-order valence-corrected chi connectivity index (χ4v) is 4.03. The molecule has 2 heteroatoms. The van der Waals surface area contributed by atoms with E-state index in [1.807, 2.05) is 0 Å². The van der Waals surface area contributed by atoms with Crippen LogP contribution in [0.5, 0.6) is 0 Å². The molecule has 0 spiro atoms. The summed E-state index contributed by atoms with van der Waals surface area (Å²) in [5.74, 6) is 0. The Morgan fingerprint density at radius 2 is 2.13 bits per heavy atom. The second-order valence-corrected chi connectivity index (χ2v) is 6.46. The van der Waals surface area contributed by atoms with Gasteiger partial charge in [0.25, 0.3) is 0 Å². The van der Waals surface area contributed by atoms with Gasteiger partial charge in [-0.15, -0.1) is 11.3 Å². The van der Waals surface area contributed by atoms with Crippen LogP contribution in [0.2, 0.25) is 0 Å². The number of thiophene rings is 1. The summed E-state index contributed by atoms with van der Waals surface area (Å²) in [6, 6.07) is 0. The second-order valence-electron chi connectivity index (χ2n) is 5.27. The summed E-state index contributed by atoms with van der Waals surface area (Å²) in [5, 5.41) is 0. The summed E-state index contributed by atoms with van der Waals surface area (Å²) < 4.78 is 0. The quantitative estimate of drug-likeness (QED) is 0.834. The molecule has 1 aromatic heterocycles. The molecule has 2 aliphatic rings. The van der Waals surface area contributed by atoms with E-state index in [-0.39, 0.29) is 5.54 Å². The Kier molecular flexibility index (Phi) is 2.18. The van der Waals surface area contributed by atoms with E-state index in [1.165, 1.54) is 44.9 Å². The van der Waals surface area contributed by atoms with Crippen molar-refractivity contribution in [2.75, 3.05) is 0 Å². The summed E-state index contributed by atoms with van der Waals surface area (Å²) in [5.41, 5.74) is 9.64.